The predicted molar refractivity (Wildman–Crippen MR) is 114 cm³/mol. The lowest BCUT2D eigenvalue weighted by Gasteiger charge is -2.20. The lowest BCUT2D eigenvalue weighted by molar-refractivity contribution is -0.155. The highest BCUT2D eigenvalue weighted by Crippen LogP contribution is 2.19. The van der Waals surface area contributed by atoms with E-state index < -0.39 is 24.0 Å². The number of carbonyl (C=O) groups is 3. The molecule has 0 radical (unpaired) electrons. The number of ether oxygens (including phenoxy) is 1. The van der Waals surface area contributed by atoms with Crippen molar-refractivity contribution in [2.75, 3.05) is 0 Å². The zero-order valence-corrected chi connectivity index (χ0v) is 17.1. The van der Waals surface area contributed by atoms with Gasteiger partial charge < -0.3 is 19.8 Å². The molecule has 0 aliphatic heterocycles. The molecule has 3 aromatic rings. The van der Waals surface area contributed by atoms with Crippen molar-refractivity contribution in [3.63, 3.8) is 0 Å². The van der Waals surface area contributed by atoms with E-state index in [1.165, 1.54) is 13.2 Å². The molecule has 0 saturated carbocycles. The topological polar surface area (TPSA) is 97.6 Å². The van der Waals surface area contributed by atoms with Crippen LogP contribution in [0.25, 0.3) is 0 Å². The van der Waals surface area contributed by atoms with E-state index in [0.717, 1.165) is 5.56 Å². The number of esters is 1. The average Bonchev–Trinajstić information content (AvgIpc) is 3.31. The van der Waals surface area contributed by atoms with Gasteiger partial charge in [-0.25, -0.2) is 0 Å². The molecule has 0 spiro atoms. The second-order valence-electron chi connectivity index (χ2n) is 6.94. The van der Waals surface area contributed by atoms with Crippen LogP contribution in [0, 0.1) is 0 Å². The fourth-order valence-electron chi connectivity index (χ4n) is 2.97. The predicted octanol–water partition coefficient (Wildman–Crippen LogP) is 3.39. The molecule has 0 saturated heterocycles. The number of hydrogen-bond acceptors (Lipinski definition) is 5. The minimum Gasteiger partial charge on any atom is -0.467 e. The first-order valence-electron chi connectivity index (χ1n) is 9.93. The lowest BCUT2D eigenvalue weighted by atomic mass is 10.0. The van der Waals surface area contributed by atoms with Crippen LogP contribution in [-0.4, -0.2) is 23.9 Å². The summed E-state index contributed by atoms with van der Waals surface area (Å²) < 4.78 is 10.4. The van der Waals surface area contributed by atoms with Crippen LogP contribution in [-0.2, 0) is 20.9 Å². The van der Waals surface area contributed by atoms with Crippen LogP contribution in [0.2, 0.25) is 0 Å². The molecule has 2 aromatic carbocycles. The van der Waals surface area contributed by atoms with E-state index in [-0.39, 0.29) is 18.9 Å². The Hall–Kier alpha value is -3.87. The molecule has 2 amide bonds. The third kappa shape index (κ3) is 6.57. The number of amides is 2. The van der Waals surface area contributed by atoms with Gasteiger partial charge in [-0.05, 0) is 36.8 Å². The molecule has 0 bridgehead atoms. The smallest absolute Gasteiger partial charge is 0.309 e. The van der Waals surface area contributed by atoms with E-state index in [0.29, 0.717) is 11.3 Å². The zero-order valence-electron chi connectivity index (χ0n) is 17.1. The van der Waals surface area contributed by atoms with Crippen LogP contribution in [0.15, 0.2) is 83.5 Å². The Morgan fingerprint density at radius 1 is 0.935 bits per heavy atom. The summed E-state index contributed by atoms with van der Waals surface area (Å²) in [7, 11) is 0. The summed E-state index contributed by atoms with van der Waals surface area (Å²) in [6.07, 6.45) is 0.417. The highest BCUT2D eigenvalue weighted by atomic mass is 16.5. The molecule has 3 rings (SSSR count). The number of hydrogen-bond donors (Lipinski definition) is 2. The van der Waals surface area contributed by atoms with Gasteiger partial charge in [0.05, 0.1) is 25.3 Å². The average molecular weight is 420 g/mol. The number of nitrogens with one attached hydrogen (secondary N) is 2. The van der Waals surface area contributed by atoms with Gasteiger partial charge in [0.2, 0.25) is 0 Å². The van der Waals surface area contributed by atoms with Crippen molar-refractivity contribution < 1.29 is 23.5 Å². The van der Waals surface area contributed by atoms with Crippen molar-refractivity contribution in [1.29, 1.82) is 0 Å². The molecule has 7 heteroatoms. The van der Waals surface area contributed by atoms with Gasteiger partial charge in [-0.15, -0.1) is 0 Å². The van der Waals surface area contributed by atoms with Crippen molar-refractivity contribution in [1.82, 2.24) is 10.6 Å². The van der Waals surface area contributed by atoms with Gasteiger partial charge in [0.25, 0.3) is 11.8 Å². The van der Waals surface area contributed by atoms with Gasteiger partial charge in [0.15, 0.2) is 6.10 Å². The Balaban J connectivity index is 1.60. The Bertz CT molecular complexity index is 987. The molecule has 2 unspecified atom stereocenters. The van der Waals surface area contributed by atoms with E-state index in [1.54, 1.807) is 36.4 Å². The number of furan rings is 1. The van der Waals surface area contributed by atoms with E-state index >= 15 is 0 Å². The molecule has 31 heavy (non-hydrogen) atoms. The highest BCUT2D eigenvalue weighted by Gasteiger charge is 2.23. The van der Waals surface area contributed by atoms with Gasteiger partial charge in [-0.2, -0.15) is 0 Å². The second kappa shape index (κ2) is 10.8. The van der Waals surface area contributed by atoms with Crippen molar-refractivity contribution in [2.24, 2.45) is 0 Å². The van der Waals surface area contributed by atoms with Gasteiger partial charge in [-0.3, -0.25) is 14.4 Å². The van der Waals surface area contributed by atoms with Crippen LogP contribution in [0.1, 0.15) is 41.1 Å². The fraction of sp³-hybridized carbons (Fsp3) is 0.208. The first-order valence-corrected chi connectivity index (χ1v) is 9.93. The monoisotopic (exact) mass is 420 g/mol. The first-order chi connectivity index (χ1) is 15.0. The molecule has 2 atom stereocenters. The molecule has 2 N–H and O–H groups in total. The Labute approximate surface area is 180 Å². The van der Waals surface area contributed by atoms with Gasteiger partial charge >= 0.3 is 5.97 Å². The maximum Gasteiger partial charge on any atom is 0.309 e. The summed E-state index contributed by atoms with van der Waals surface area (Å²) in [5.74, 6) is -0.733. The van der Waals surface area contributed by atoms with E-state index in [9.17, 15) is 14.4 Å². The normalized spacial score (nSPS) is 12.4. The molecular formula is C24H24N2O5. The summed E-state index contributed by atoms with van der Waals surface area (Å²) in [5.41, 5.74) is 1.25. The minimum atomic E-state index is -0.983. The van der Waals surface area contributed by atoms with Crippen LogP contribution >= 0.6 is 0 Å². The third-order valence-corrected chi connectivity index (χ3v) is 4.61. The molecular weight excluding hydrogens is 396 g/mol. The minimum absolute atomic E-state index is 0.113. The van der Waals surface area contributed by atoms with Crippen LogP contribution in [0.4, 0.5) is 0 Å². The van der Waals surface area contributed by atoms with Crippen LogP contribution in [0.3, 0.4) is 0 Å². The second-order valence-corrected chi connectivity index (χ2v) is 6.94. The van der Waals surface area contributed by atoms with Crippen molar-refractivity contribution in [3.8, 4) is 0 Å². The molecule has 0 fully saturated rings. The van der Waals surface area contributed by atoms with Gasteiger partial charge in [0, 0.05) is 5.56 Å². The SMILES string of the molecule is CC(OC(=O)CC(NC(=O)c1ccccc1)c1ccccc1)C(=O)NCc1ccco1. The number of benzene rings is 2. The zero-order chi connectivity index (χ0) is 22.1. The Morgan fingerprint density at radius 3 is 2.26 bits per heavy atom. The maximum atomic E-state index is 12.6. The quantitative estimate of drug-likeness (QED) is 0.517. The molecule has 160 valence electrons. The molecule has 1 aromatic heterocycles. The number of carbonyl (C=O) groups excluding carboxylic acids is 3. The lowest BCUT2D eigenvalue weighted by Crippen LogP contribution is -2.36. The largest absolute Gasteiger partial charge is 0.467 e. The molecule has 0 aliphatic carbocycles. The number of rotatable bonds is 9. The molecule has 7 nitrogen and oxygen atoms in total. The van der Waals surface area contributed by atoms with Crippen molar-refractivity contribution in [2.45, 2.75) is 32.0 Å². The van der Waals surface area contributed by atoms with Crippen LogP contribution < -0.4 is 10.6 Å². The van der Waals surface area contributed by atoms with Gasteiger partial charge in [-0.1, -0.05) is 48.5 Å². The summed E-state index contributed by atoms with van der Waals surface area (Å²) in [6, 6.07) is 20.8. The third-order valence-electron chi connectivity index (χ3n) is 4.61. The Morgan fingerprint density at radius 2 is 1.61 bits per heavy atom. The standard InChI is InChI=1S/C24H24N2O5/c1-17(23(28)25-16-20-13-8-14-30-20)31-22(27)15-21(18-9-4-2-5-10-18)26-24(29)19-11-6-3-7-12-19/h2-14,17,21H,15-16H2,1H3,(H,25,28)(H,26,29). The van der Waals surface area contributed by atoms with E-state index in [4.69, 9.17) is 9.15 Å². The Kier molecular flexibility index (Phi) is 7.59. The summed E-state index contributed by atoms with van der Waals surface area (Å²) in [5, 5.41) is 5.52. The maximum absolute atomic E-state index is 12.6. The van der Waals surface area contributed by atoms with Crippen molar-refractivity contribution in [3.05, 3.63) is 95.9 Å². The first kappa shape index (κ1) is 21.8. The van der Waals surface area contributed by atoms with E-state index in [1.807, 2.05) is 36.4 Å². The summed E-state index contributed by atoms with van der Waals surface area (Å²) in [6.45, 7) is 1.70. The molecule has 1 heterocycles. The summed E-state index contributed by atoms with van der Waals surface area (Å²) in [4.78, 5) is 37.3. The highest BCUT2D eigenvalue weighted by molar-refractivity contribution is 5.94. The van der Waals surface area contributed by atoms with Gasteiger partial charge in [0.1, 0.15) is 5.76 Å². The van der Waals surface area contributed by atoms with Crippen molar-refractivity contribution >= 4 is 17.8 Å². The fourth-order valence-corrected chi connectivity index (χ4v) is 2.97. The summed E-state index contributed by atoms with van der Waals surface area (Å²) >= 11 is 0. The molecule has 0 aliphatic rings. The van der Waals surface area contributed by atoms with Crippen LogP contribution in [0.5, 0.6) is 0 Å². The van der Waals surface area contributed by atoms with E-state index in [2.05, 4.69) is 10.6 Å².